The van der Waals surface area contributed by atoms with Crippen molar-refractivity contribution < 1.29 is 18.1 Å². The highest BCUT2D eigenvalue weighted by atomic mass is 19.1. The van der Waals surface area contributed by atoms with E-state index in [2.05, 4.69) is 15.1 Å². The lowest BCUT2D eigenvalue weighted by Crippen LogP contribution is -2.18. The van der Waals surface area contributed by atoms with Crippen molar-refractivity contribution in [3.8, 4) is 22.8 Å². The Kier molecular flexibility index (Phi) is 5.50. The molecule has 4 aromatic rings. The quantitative estimate of drug-likeness (QED) is 0.353. The van der Waals surface area contributed by atoms with Crippen LogP contribution in [0.5, 0.6) is 0 Å². The Hall–Kier alpha value is -3.61. The van der Waals surface area contributed by atoms with Crippen LogP contribution in [-0.4, -0.2) is 20.9 Å². The van der Waals surface area contributed by atoms with Crippen LogP contribution in [0.2, 0.25) is 0 Å². The molecule has 0 spiro atoms. The van der Waals surface area contributed by atoms with Gasteiger partial charge in [-0.2, -0.15) is 4.98 Å². The van der Waals surface area contributed by atoms with Crippen molar-refractivity contribution >= 4 is 5.78 Å². The maximum Gasteiger partial charge on any atom is 0.226 e. The van der Waals surface area contributed by atoms with Crippen LogP contribution in [0.1, 0.15) is 48.7 Å². The van der Waals surface area contributed by atoms with Crippen molar-refractivity contribution in [1.82, 2.24) is 15.1 Å². The van der Waals surface area contributed by atoms with Gasteiger partial charge in [0.2, 0.25) is 17.6 Å². The molecule has 0 saturated carbocycles. The van der Waals surface area contributed by atoms with E-state index in [9.17, 15) is 9.18 Å². The number of nitrogens with zero attached hydrogens (tertiary/aromatic N) is 3. The first kappa shape index (κ1) is 20.7. The van der Waals surface area contributed by atoms with Gasteiger partial charge in [-0.1, -0.05) is 37.2 Å². The van der Waals surface area contributed by atoms with Crippen LogP contribution >= 0.6 is 0 Å². The number of benzene rings is 2. The number of Topliss-reactive ketones (excluding diaryl/α,β-unsaturated/α-hetero) is 1. The Balaban J connectivity index is 1.45. The third-order valence-electron chi connectivity index (χ3n) is 5.21. The maximum absolute atomic E-state index is 13.1. The minimum Gasteiger partial charge on any atom is -0.441 e. The predicted molar refractivity (Wildman–Crippen MR) is 113 cm³/mol. The standard InChI is InChI=1S/C24H22FN3O3/c1-15-27-22(28-31-15)18-6-4-5-17(13-18)20(29)11-12-24(2,3)21-14-26-23(30-21)16-7-9-19(25)10-8-16/h4-10,13-14H,11-12H2,1-3H3. The summed E-state index contributed by atoms with van der Waals surface area (Å²) in [6, 6.07) is 13.2. The number of aryl methyl sites for hydroxylation is 1. The SMILES string of the molecule is Cc1nc(-c2cccc(C(=O)CCC(C)(C)c3cnc(-c4ccc(F)cc4)o3)c2)no1. The summed E-state index contributed by atoms with van der Waals surface area (Å²) in [7, 11) is 0. The summed E-state index contributed by atoms with van der Waals surface area (Å²) in [4.78, 5) is 21.4. The molecule has 2 aromatic carbocycles. The van der Waals surface area contributed by atoms with Crippen LogP contribution in [0.4, 0.5) is 4.39 Å². The van der Waals surface area contributed by atoms with Gasteiger partial charge in [0.05, 0.1) is 6.20 Å². The summed E-state index contributed by atoms with van der Waals surface area (Å²) >= 11 is 0. The molecule has 0 fully saturated rings. The van der Waals surface area contributed by atoms with Crippen LogP contribution in [0, 0.1) is 12.7 Å². The average Bonchev–Trinajstić information content (AvgIpc) is 3.43. The van der Waals surface area contributed by atoms with E-state index in [0.29, 0.717) is 47.3 Å². The van der Waals surface area contributed by atoms with Crippen molar-refractivity contribution in [2.75, 3.05) is 0 Å². The first-order chi connectivity index (χ1) is 14.8. The van der Waals surface area contributed by atoms with E-state index in [4.69, 9.17) is 8.94 Å². The van der Waals surface area contributed by atoms with Crippen molar-refractivity contribution in [3.63, 3.8) is 0 Å². The lowest BCUT2D eigenvalue weighted by atomic mass is 9.84. The zero-order valence-corrected chi connectivity index (χ0v) is 17.6. The molecule has 31 heavy (non-hydrogen) atoms. The number of halogens is 1. The minimum absolute atomic E-state index is 0.0217. The largest absolute Gasteiger partial charge is 0.441 e. The fourth-order valence-electron chi connectivity index (χ4n) is 3.25. The van der Waals surface area contributed by atoms with Crippen molar-refractivity contribution in [2.45, 2.75) is 39.0 Å². The zero-order chi connectivity index (χ0) is 22.0. The van der Waals surface area contributed by atoms with Crippen LogP contribution < -0.4 is 0 Å². The molecule has 2 heterocycles. The van der Waals surface area contributed by atoms with E-state index in [-0.39, 0.29) is 11.6 Å². The molecule has 0 amide bonds. The van der Waals surface area contributed by atoms with Gasteiger partial charge in [-0.25, -0.2) is 9.37 Å². The van der Waals surface area contributed by atoms with Gasteiger partial charge < -0.3 is 8.94 Å². The Labute approximate surface area is 179 Å². The molecule has 0 bridgehead atoms. The second kappa shape index (κ2) is 8.26. The van der Waals surface area contributed by atoms with Crippen molar-refractivity contribution in [2.24, 2.45) is 0 Å². The lowest BCUT2D eigenvalue weighted by Gasteiger charge is -2.21. The van der Waals surface area contributed by atoms with E-state index < -0.39 is 5.41 Å². The number of aromatic nitrogens is 3. The highest BCUT2D eigenvalue weighted by Gasteiger charge is 2.27. The third kappa shape index (κ3) is 4.60. The van der Waals surface area contributed by atoms with Gasteiger partial charge in [0.15, 0.2) is 5.78 Å². The summed E-state index contributed by atoms with van der Waals surface area (Å²) < 4.78 is 24.1. The first-order valence-electron chi connectivity index (χ1n) is 9.98. The third-order valence-corrected chi connectivity index (χ3v) is 5.21. The number of ketones is 1. The van der Waals surface area contributed by atoms with E-state index in [1.165, 1.54) is 12.1 Å². The molecule has 0 unspecified atom stereocenters. The molecule has 4 rings (SSSR count). The summed E-state index contributed by atoms with van der Waals surface area (Å²) in [5.74, 6) is 1.75. The lowest BCUT2D eigenvalue weighted by molar-refractivity contribution is 0.0970. The van der Waals surface area contributed by atoms with E-state index in [1.54, 1.807) is 37.4 Å². The predicted octanol–water partition coefficient (Wildman–Crippen LogP) is 5.78. The van der Waals surface area contributed by atoms with Gasteiger partial charge in [-0.3, -0.25) is 4.79 Å². The topological polar surface area (TPSA) is 82.0 Å². The maximum atomic E-state index is 13.1. The molecular weight excluding hydrogens is 397 g/mol. The van der Waals surface area contributed by atoms with Gasteiger partial charge in [-0.15, -0.1) is 0 Å². The van der Waals surface area contributed by atoms with Crippen LogP contribution in [0.25, 0.3) is 22.8 Å². The monoisotopic (exact) mass is 419 g/mol. The summed E-state index contributed by atoms with van der Waals surface area (Å²) in [6.45, 7) is 5.74. The highest BCUT2D eigenvalue weighted by molar-refractivity contribution is 5.97. The van der Waals surface area contributed by atoms with E-state index in [0.717, 1.165) is 5.56 Å². The second-order valence-electron chi connectivity index (χ2n) is 8.06. The number of carbonyl (C=O) groups excluding carboxylic acids is 1. The fraction of sp³-hybridized carbons (Fsp3) is 0.250. The Morgan fingerprint density at radius 2 is 1.87 bits per heavy atom. The molecule has 0 aliphatic carbocycles. The Morgan fingerprint density at radius 1 is 1.10 bits per heavy atom. The van der Waals surface area contributed by atoms with Crippen molar-refractivity contribution in [3.05, 3.63) is 77.8 Å². The molecule has 7 heteroatoms. The molecule has 6 nitrogen and oxygen atoms in total. The number of oxazole rings is 1. The highest BCUT2D eigenvalue weighted by Crippen LogP contribution is 2.32. The van der Waals surface area contributed by atoms with Gasteiger partial charge in [0, 0.05) is 35.4 Å². The van der Waals surface area contributed by atoms with Gasteiger partial charge in [-0.05, 0) is 36.8 Å². The molecule has 0 aliphatic heterocycles. The van der Waals surface area contributed by atoms with Gasteiger partial charge in [0.1, 0.15) is 11.6 Å². The minimum atomic E-state index is -0.399. The number of hydrogen-bond donors (Lipinski definition) is 0. The van der Waals surface area contributed by atoms with Gasteiger partial charge >= 0.3 is 0 Å². The zero-order valence-electron chi connectivity index (χ0n) is 17.6. The Morgan fingerprint density at radius 3 is 2.58 bits per heavy atom. The normalized spacial score (nSPS) is 11.6. The fourth-order valence-corrected chi connectivity index (χ4v) is 3.25. The molecule has 2 aromatic heterocycles. The van der Waals surface area contributed by atoms with Gasteiger partial charge in [0.25, 0.3) is 0 Å². The molecule has 0 N–H and O–H groups in total. The van der Waals surface area contributed by atoms with Crippen LogP contribution in [0.15, 0.2) is 63.7 Å². The molecule has 0 atom stereocenters. The molecule has 0 saturated heterocycles. The van der Waals surface area contributed by atoms with Crippen LogP contribution in [0.3, 0.4) is 0 Å². The Bertz CT molecular complexity index is 1210. The molecule has 158 valence electrons. The average molecular weight is 419 g/mol. The first-order valence-corrected chi connectivity index (χ1v) is 9.98. The second-order valence-corrected chi connectivity index (χ2v) is 8.06. The molecular formula is C24H22FN3O3. The smallest absolute Gasteiger partial charge is 0.226 e. The van der Waals surface area contributed by atoms with Crippen molar-refractivity contribution in [1.29, 1.82) is 0 Å². The number of rotatable bonds is 7. The van der Waals surface area contributed by atoms with E-state index >= 15 is 0 Å². The molecule has 0 aliphatic rings. The van der Waals surface area contributed by atoms with E-state index in [1.807, 2.05) is 26.0 Å². The van der Waals surface area contributed by atoms with Crippen LogP contribution in [-0.2, 0) is 5.41 Å². The summed E-state index contributed by atoms with van der Waals surface area (Å²) in [5, 5.41) is 3.91. The number of carbonyl (C=O) groups is 1. The molecule has 0 radical (unpaired) electrons. The summed E-state index contributed by atoms with van der Waals surface area (Å²) in [6.07, 6.45) is 2.59. The number of hydrogen-bond acceptors (Lipinski definition) is 6. The summed E-state index contributed by atoms with van der Waals surface area (Å²) in [5.41, 5.74) is 1.64.